The molecule has 2 heterocycles. The molecule has 1 atom stereocenters. The van der Waals surface area contributed by atoms with Gasteiger partial charge in [-0.1, -0.05) is 12.8 Å². The molecule has 1 spiro atoms. The average molecular weight is 158 g/mol. The summed E-state index contributed by atoms with van der Waals surface area (Å²) in [6.45, 7) is 3.49. The summed E-state index contributed by atoms with van der Waals surface area (Å²) in [6.07, 6.45) is 3.99. The first-order valence-electron chi connectivity index (χ1n) is 4.00. The number of thiol groups is 1. The van der Waals surface area contributed by atoms with Gasteiger partial charge in [-0.15, -0.1) is 0 Å². The third-order valence-corrected chi connectivity index (χ3v) is 3.01. The van der Waals surface area contributed by atoms with E-state index >= 15 is 0 Å². The second-order valence-corrected chi connectivity index (χ2v) is 4.01. The Balaban J connectivity index is 2.03. The van der Waals surface area contributed by atoms with Crippen LogP contribution in [0, 0.1) is 0 Å². The monoisotopic (exact) mass is 158 g/mol. The van der Waals surface area contributed by atoms with E-state index in [1.165, 1.54) is 25.8 Å². The summed E-state index contributed by atoms with van der Waals surface area (Å²) in [7, 11) is 0. The summed E-state index contributed by atoms with van der Waals surface area (Å²) < 4.78 is 2.12. The minimum atomic E-state index is 0.460. The molecule has 0 bridgehead atoms. The molecule has 58 valence electrons. The lowest BCUT2D eigenvalue weighted by molar-refractivity contribution is 0.395. The Labute approximate surface area is 67.5 Å². The second-order valence-electron chi connectivity index (χ2n) is 3.45. The molecule has 2 fully saturated rings. The molecule has 3 heteroatoms. The summed E-state index contributed by atoms with van der Waals surface area (Å²) in [4.78, 5) is 0. The second kappa shape index (κ2) is 2.40. The van der Waals surface area contributed by atoms with Gasteiger partial charge in [-0.2, -0.15) is 0 Å². The van der Waals surface area contributed by atoms with Crippen LogP contribution in [0.15, 0.2) is 0 Å². The largest absolute Gasteiger partial charge is 0.310 e. The zero-order chi connectivity index (χ0) is 7.03. The van der Waals surface area contributed by atoms with E-state index in [1.54, 1.807) is 0 Å². The summed E-state index contributed by atoms with van der Waals surface area (Å²) in [5.41, 5.74) is 0.460. The standard InChI is InChI=1S/C7H14N2S/c10-9-5-3-7(6-9)2-1-4-8-7/h8,10H,1-6H2. The topological polar surface area (TPSA) is 15.3 Å². The molecular formula is C7H14N2S. The van der Waals surface area contributed by atoms with Crippen LogP contribution in [-0.4, -0.2) is 29.5 Å². The van der Waals surface area contributed by atoms with Crippen molar-refractivity contribution in [3.63, 3.8) is 0 Å². The molecule has 0 saturated carbocycles. The highest BCUT2D eigenvalue weighted by Crippen LogP contribution is 2.30. The first-order chi connectivity index (χ1) is 4.81. The Morgan fingerprint density at radius 3 is 2.80 bits per heavy atom. The number of nitrogens with zero attached hydrogens (tertiary/aromatic N) is 1. The van der Waals surface area contributed by atoms with Crippen molar-refractivity contribution in [2.75, 3.05) is 19.6 Å². The molecule has 0 aromatic rings. The Kier molecular flexibility index (Phi) is 1.66. The Morgan fingerprint density at radius 1 is 1.40 bits per heavy atom. The van der Waals surface area contributed by atoms with E-state index in [-0.39, 0.29) is 0 Å². The van der Waals surface area contributed by atoms with Gasteiger partial charge in [-0.25, -0.2) is 0 Å². The molecule has 0 radical (unpaired) electrons. The summed E-state index contributed by atoms with van der Waals surface area (Å²) in [5.74, 6) is 0. The lowest BCUT2D eigenvalue weighted by Gasteiger charge is -2.22. The molecule has 2 nitrogen and oxygen atoms in total. The highest BCUT2D eigenvalue weighted by molar-refractivity contribution is 7.77. The minimum absolute atomic E-state index is 0.460. The maximum atomic E-state index is 4.33. The fraction of sp³-hybridized carbons (Fsp3) is 1.00. The van der Waals surface area contributed by atoms with E-state index < -0.39 is 0 Å². The van der Waals surface area contributed by atoms with Crippen molar-refractivity contribution in [1.29, 1.82) is 0 Å². The molecule has 2 aliphatic rings. The average Bonchev–Trinajstić information content (AvgIpc) is 2.46. The van der Waals surface area contributed by atoms with Crippen molar-refractivity contribution in [2.24, 2.45) is 0 Å². The van der Waals surface area contributed by atoms with Crippen LogP contribution in [0.2, 0.25) is 0 Å². The lowest BCUT2D eigenvalue weighted by atomic mass is 9.97. The van der Waals surface area contributed by atoms with Crippen LogP contribution in [-0.2, 0) is 0 Å². The predicted octanol–water partition coefficient (Wildman–Crippen LogP) is 0.659. The summed E-state index contributed by atoms with van der Waals surface area (Å²) >= 11 is 4.33. The van der Waals surface area contributed by atoms with Crippen LogP contribution in [0.3, 0.4) is 0 Å². The maximum absolute atomic E-state index is 4.33. The first-order valence-corrected chi connectivity index (χ1v) is 4.40. The third kappa shape index (κ3) is 1.06. The van der Waals surface area contributed by atoms with E-state index in [0.717, 1.165) is 13.1 Å². The normalized spacial score (nSPS) is 41.7. The van der Waals surface area contributed by atoms with Crippen molar-refractivity contribution >= 4 is 12.8 Å². The van der Waals surface area contributed by atoms with E-state index in [1.807, 2.05) is 0 Å². The van der Waals surface area contributed by atoms with Gasteiger partial charge in [-0.3, -0.25) is 4.31 Å². The molecule has 2 aliphatic heterocycles. The van der Waals surface area contributed by atoms with E-state index in [9.17, 15) is 0 Å². The highest BCUT2D eigenvalue weighted by atomic mass is 32.1. The quantitative estimate of drug-likeness (QED) is 0.503. The van der Waals surface area contributed by atoms with Gasteiger partial charge in [0.25, 0.3) is 0 Å². The molecule has 2 rings (SSSR count). The summed E-state index contributed by atoms with van der Waals surface area (Å²) in [5, 5.41) is 3.57. The van der Waals surface area contributed by atoms with E-state index in [0.29, 0.717) is 5.54 Å². The Bertz CT molecular complexity index is 132. The highest BCUT2D eigenvalue weighted by Gasteiger charge is 2.38. The number of nitrogens with one attached hydrogen (secondary N) is 1. The first kappa shape index (κ1) is 6.95. The fourth-order valence-corrected chi connectivity index (χ4v) is 2.44. The molecule has 10 heavy (non-hydrogen) atoms. The van der Waals surface area contributed by atoms with Crippen LogP contribution in [0.1, 0.15) is 19.3 Å². The van der Waals surface area contributed by atoms with Gasteiger partial charge >= 0.3 is 0 Å². The van der Waals surface area contributed by atoms with Crippen LogP contribution in [0.5, 0.6) is 0 Å². The van der Waals surface area contributed by atoms with Crippen molar-refractivity contribution in [1.82, 2.24) is 9.62 Å². The van der Waals surface area contributed by atoms with Crippen molar-refractivity contribution < 1.29 is 0 Å². The SMILES string of the molecule is SN1CCC2(CCCN2)C1. The number of rotatable bonds is 0. The van der Waals surface area contributed by atoms with Gasteiger partial charge in [0, 0.05) is 18.6 Å². The maximum Gasteiger partial charge on any atom is 0.0331 e. The van der Waals surface area contributed by atoms with Crippen LogP contribution >= 0.6 is 12.8 Å². The van der Waals surface area contributed by atoms with Crippen molar-refractivity contribution in [2.45, 2.75) is 24.8 Å². The minimum Gasteiger partial charge on any atom is -0.310 e. The van der Waals surface area contributed by atoms with Crippen LogP contribution < -0.4 is 5.32 Å². The molecular weight excluding hydrogens is 144 g/mol. The third-order valence-electron chi connectivity index (χ3n) is 2.67. The van der Waals surface area contributed by atoms with E-state index in [2.05, 4.69) is 22.4 Å². The van der Waals surface area contributed by atoms with Crippen molar-refractivity contribution in [3.8, 4) is 0 Å². The zero-order valence-corrected chi connectivity index (χ0v) is 7.03. The fourth-order valence-electron chi connectivity index (χ4n) is 2.07. The van der Waals surface area contributed by atoms with Crippen molar-refractivity contribution in [3.05, 3.63) is 0 Å². The molecule has 0 aliphatic carbocycles. The zero-order valence-electron chi connectivity index (χ0n) is 6.14. The Hall–Kier alpha value is 0.270. The molecule has 0 amide bonds. The molecule has 0 aromatic carbocycles. The van der Waals surface area contributed by atoms with Crippen LogP contribution in [0.25, 0.3) is 0 Å². The van der Waals surface area contributed by atoms with Gasteiger partial charge < -0.3 is 5.32 Å². The predicted molar refractivity (Wildman–Crippen MR) is 45.1 cm³/mol. The van der Waals surface area contributed by atoms with Crippen LogP contribution in [0.4, 0.5) is 0 Å². The van der Waals surface area contributed by atoms with Gasteiger partial charge in [0.2, 0.25) is 0 Å². The van der Waals surface area contributed by atoms with E-state index in [4.69, 9.17) is 0 Å². The van der Waals surface area contributed by atoms with Gasteiger partial charge in [0.15, 0.2) is 0 Å². The molecule has 1 N–H and O–H groups in total. The van der Waals surface area contributed by atoms with Gasteiger partial charge in [0.1, 0.15) is 0 Å². The molecule has 1 unspecified atom stereocenters. The summed E-state index contributed by atoms with van der Waals surface area (Å²) in [6, 6.07) is 0. The van der Waals surface area contributed by atoms with Gasteiger partial charge in [-0.05, 0) is 25.8 Å². The number of hydrogen-bond acceptors (Lipinski definition) is 3. The smallest absolute Gasteiger partial charge is 0.0331 e. The molecule has 0 aromatic heterocycles. The lowest BCUT2D eigenvalue weighted by Crippen LogP contribution is -2.41. The molecule has 2 saturated heterocycles. The number of hydrogen-bond donors (Lipinski definition) is 2. The Morgan fingerprint density at radius 2 is 2.30 bits per heavy atom. The van der Waals surface area contributed by atoms with Gasteiger partial charge in [0.05, 0.1) is 0 Å².